The second-order valence-electron chi connectivity index (χ2n) is 11.7. The summed E-state index contributed by atoms with van der Waals surface area (Å²) in [7, 11) is 0. The first-order valence-corrected chi connectivity index (χ1v) is 14.2. The van der Waals surface area contributed by atoms with E-state index in [-0.39, 0.29) is 17.0 Å². The zero-order valence-electron chi connectivity index (χ0n) is 22.0. The Morgan fingerprint density at radius 2 is 1.64 bits per heavy atom. The van der Waals surface area contributed by atoms with Crippen molar-refractivity contribution in [2.45, 2.75) is 57.9 Å². The van der Waals surface area contributed by atoms with Crippen LogP contribution in [0.4, 0.5) is 5.69 Å². The average molecular weight is 592 g/mol. The van der Waals surface area contributed by atoms with Gasteiger partial charge in [0.2, 0.25) is 5.88 Å². The van der Waals surface area contributed by atoms with Crippen molar-refractivity contribution in [2.24, 2.45) is 22.7 Å². The number of nitrogens with one attached hydrogen (secondary N) is 2. The van der Waals surface area contributed by atoms with E-state index in [0.29, 0.717) is 21.4 Å². The van der Waals surface area contributed by atoms with Gasteiger partial charge < -0.3 is 10.4 Å². The molecule has 3 N–H and O–H groups in total. The molecule has 8 nitrogen and oxygen atoms in total. The van der Waals surface area contributed by atoms with Crippen LogP contribution in [-0.4, -0.2) is 32.3 Å². The molecule has 39 heavy (non-hydrogen) atoms. The fourth-order valence-corrected chi connectivity index (χ4v) is 7.87. The predicted molar refractivity (Wildman–Crippen MR) is 154 cm³/mol. The molecule has 9 heteroatoms. The Hall–Kier alpha value is -3.46. The SMILES string of the molecule is Cc1cc(Br)c(-n2c(O)c(C=Nc3ccc(C(=O)NC45CC6CC(CC(C6)C4)C5)cc3)c(=O)[nH]c2=O)cc1C. The number of carbonyl (C=O) groups excluding carboxylic acids is 1. The molecule has 0 radical (unpaired) electrons. The van der Waals surface area contributed by atoms with Crippen LogP contribution in [0.3, 0.4) is 0 Å². The fourth-order valence-electron chi connectivity index (χ4n) is 7.23. The number of halogens is 1. The van der Waals surface area contributed by atoms with E-state index >= 15 is 0 Å². The van der Waals surface area contributed by atoms with E-state index < -0.39 is 17.1 Å². The topological polar surface area (TPSA) is 117 Å². The number of nitrogens with zero attached hydrogens (tertiary/aromatic N) is 2. The van der Waals surface area contributed by atoms with Crippen LogP contribution >= 0.6 is 15.9 Å². The number of aryl methyl sites for hydroxylation is 2. The number of aromatic nitrogens is 2. The van der Waals surface area contributed by atoms with Crippen molar-refractivity contribution in [3.8, 4) is 11.6 Å². The summed E-state index contributed by atoms with van der Waals surface area (Å²) in [5, 5.41) is 14.3. The van der Waals surface area contributed by atoms with Gasteiger partial charge in [-0.15, -0.1) is 0 Å². The predicted octanol–water partition coefficient (Wildman–Crippen LogP) is 5.06. The van der Waals surface area contributed by atoms with Gasteiger partial charge in [-0.1, -0.05) is 0 Å². The van der Waals surface area contributed by atoms with Crippen LogP contribution in [0.5, 0.6) is 5.88 Å². The summed E-state index contributed by atoms with van der Waals surface area (Å²) >= 11 is 3.44. The molecule has 1 aromatic heterocycles. The normalized spacial score (nSPS) is 25.4. The van der Waals surface area contributed by atoms with Crippen LogP contribution < -0.4 is 16.6 Å². The first-order chi connectivity index (χ1) is 18.6. The highest BCUT2D eigenvalue weighted by molar-refractivity contribution is 9.10. The van der Waals surface area contributed by atoms with E-state index in [1.165, 1.54) is 25.5 Å². The maximum atomic E-state index is 13.1. The number of aliphatic imine (C=N–C) groups is 1. The van der Waals surface area contributed by atoms with Crippen LogP contribution in [0.1, 0.15) is 65.6 Å². The lowest BCUT2D eigenvalue weighted by Gasteiger charge is -2.56. The maximum absolute atomic E-state index is 13.1. The largest absolute Gasteiger partial charge is 0.493 e. The van der Waals surface area contributed by atoms with Crippen molar-refractivity contribution < 1.29 is 9.90 Å². The van der Waals surface area contributed by atoms with E-state index in [1.54, 1.807) is 30.3 Å². The van der Waals surface area contributed by atoms with Crippen molar-refractivity contribution in [2.75, 3.05) is 0 Å². The van der Waals surface area contributed by atoms with Gasteiger partial charge >= 0.3 is 5.69 Å². The second kappa shape index (κ2) is 9.62. The summed E-state index contributed by atoms with van der Waals surface area (Å²) in [6.45, 7) is 3.84. The number of hydrogen-bond donors (Lipinski definition) is 3. The number of amides is 1. The lowest BCUT2D eigenvalue weighted by Crippen LogP contribution is -2.59. The van der Waals surface area contributed by atoms with Gasteiger partial charge in [-0.3, -0.25) is 19.6 Å². The Bertz CT molecular complexity index is 1580. The Balaban J connectivity index is 1.22. The Labute approximate surface area is 234 Å². The Morgan fingerprint density at radius 1 is 1.05 bits per heavy atom. The van der Waals surface area contributed by atoms with E-state index in [2.05, 4.69) is 31.2 Å². The highest BCUT2D eigenvalue weighted by atomic mass is 79.9. The van der Waals surface area contributed by atoms with Crippen LogP contribution in [0.2, 0.25) is 0 Å². The summed E-state index contributed by atoms with van der Waals surface area (Å²) in [6, 6.07) is 10.4. The number of H-pyrrole nitrogens is 1. The summed E-state index contributed by atoms with van der Waals surface area (Å²) in [5.74, 6) is 1.67. The minimum Gasteiger partial charge on any atom is -0.493 e. The van der Waals surface area contributed by atoms with Crippen molar-refractivity contribution in [1.82, 2.24) is 14.9 Å². The van der Waals surface area contributed by atoms with Crippen molar-refractivity contribution in [3.05, 3.63) is 84.0 Å². The zero-order valence-corrected chi connectivity index (χ0v) is 23.5. The number of aromatic amines is 1. The molecule has 2 aromatic carbocycles. The smallest absolute Gasteiger partial charge is 0.335 e. The van der Waals surface area contributed by atoms with E-state index in [1.807, 2.05) is 19.9 Å². The maximum Gasteiger partial charge on any atom is 0.335 e. The first-order valence-electron chi connectivity index (χ1n) is 13.4. The molecule has 0 atom stereocenters. The molecule has 0 aliphatic heterocycles. The molecule has 1 amide bonds. The number of benzene rings is 2. The molecule has 4 saturated carbocycles. The minimum atomic E-state index is -0.756. The molecular weight excluding hydrogens is 560 g/mol. The van der Waals surface area contributed by atoms with Gasteiger partial charge in [0.1, 0.15) is 5.56 Å². The quantitative estimate of drug-likeness (QED) is 0.360. The number of carbonyl (C=O) groups is 1. The van der Waals surface area contributed by atoms with Gasteiger partial charge in [0, 0.05) is 21.8 Å². The first kappa shape index (κ1) is 25.8. The van der Waals surface area contributed by atoms with Crippen LogP contribution in [0, 0.1) is 31.6 Å². The van der Waals surface area contributed by atoms with Gasteiger partial charge in [-0.2, -0.15) is 0 Å². The number of hydrogen-bond acceptors (Lipinski definition) is 5. The molecule has 4 aliphatic carbocycles. The summed E-state index contributed by atoms with van der Waals surface area (Å²) < 4.78 is 1.64. The minimum absolute atomic E-state index is 0.0602. The van der Waals surface area contributed by atoms with Gasteiger partial charge in [0.05, 0.1) is 11.4 Å². The highest BCUT2D eigenvalue weighted by Crippen LogP contribution is 2.55. The molecule has 7 rings (SSSR count). The summed E-state index contributed by atoms with van der Waals surface area (Å²) in [4.78, 5) is 44.9. The van der Waals surface area contributed by atoms with Crippen LogP contribution in [0.25, 0.3) is 5.69 Å². The van der Waals surface area contributed by atoms with Crippen LogP contribution in [0.15, 0.2) is 55.5 Å². The molecule has 0 saturated heterocycles. The molecule has 0 spiro atoms. The highest BCUT2D eigenvalue weighted by Gasteiger charge is 2.51. The Morgan fingerprint density at radius 3 is 2.26 bits per heavy atom. The summed E-state index contributed by atoms with van der Waals surface area (Å²) in [5.41, 5.74) is 1.70. The standard InChI is InChI=1S/C30H31BrN4O4/c1-16-7-24(31)25(8-17(16)2)35-28(38)23(27(37)33-29(35)39)15-32-22-5-3-21(4-6-22)26(36)34-30-12-18-9-19(13-30)11-20(10-18)14-30/h3-8,15,18-20,38H,9-14H2,1-2H3,(H,34,36)(H,33,37,39). The van der Waals surface area contributed by atoms with E-state index in [4.69, 9.17) is 0 Å². The lowest BCUT2D eigenvalue weighted by molar-refractivity contribution is -0.0167. The molecule has 4 fully saturated rings. The lowest BCUT2D eigenvalue weighted by atomic mass is 9.53. The summed E-state index contributed by atoms with van der Waals surface area (Å²) in [6.07, 6.45) is 8.45. The third kappa shape index (κ3) is 4.77. The molecule has 3 aromatic rings. The van der Waals surface area contributed by atoms with Gasteiger partial charge in [0.25, 0.3) is 11.5 Å². The molecule has 4 bridgehead atoms. The number of aromatic hydroxyl groups is 1. The van der Waals surface area contributed by atoms with Crippen molar-refractivity contribution >= 4 is 33.7 Å². The molecule has 202 valence electrons. The van der Waals surface area contributed by atoms with Gasteiger partial charge in [0.15, 0.2) is 0 Å². The Kier molecular flexibility index (Phi) is 6.37. The van der Waals surface area contributed by atoms with Crippen molar-refractivity contribution in [1.29, 1.82) is 0 Å². The van der Waals surface area contributed by atoms with Crippen LogP contribution in [-0.2, 0) is 0 Å². The fraction of sp³-hybridized carbons (Fsp3) is 0.400. The average Bonchev–Trinajstić information content (AvgIpc) is 2.86. The third-order valence-corrected chi connectivity index (χ3v) is 9.45. The molecule has 0 unspecified atom stereocenters. The van der Waals surface area contributed by atoms with E-state index in [0.717, 1.165) is 52.7 Å². The zero-order chi connectivity index (χ0) is 27.5. The van der Waals surface area contributed by atoms with Gasteiger partial charge in [-0.25, -0.2) is 9.36 Å². The molecular formula is C30H31BrN4O4. The molecule has 1 heterocycles. The number of rotatable bonds is 5. The van der Waals surface area contributed by atoms with E-state index in [9.17, 15) is 19.5 Å². The monoisotopic (exact) mass is 590 g/mol. The third-order valence-electron chi connectivity index (χ3n) is 8.81. The van der Waals surface area contributed by atoms with Gasteiger partial charge in [-0.05, 0) is 134 Å². The van der Waals surface area contributed by atoms with Crippen molar-refractivity contribution in [3.63, 3.8) is 0 Å². The second-order valence-corrected chi connectivity index (χ2v) is 12.5. The molecule has 4 aliphatic rings.